The number of hydrogen-bond donors (Lipinski definition) is 2. The number of carbonyl (C=O) groups is 1. The van der Waals surface area contributed by atoms with Gasteiger partial charge in [0.1, 0.15) is 12.4 Å². The topological polar surface area (TPSA) is 85.8 Å². The van der Waals surface area contributed by atoms with Crippen LogP contribution in [0.4, 0.5) is 0 Å². The first-order valence-electron chi connectivity index (χ1n) is 6.12. The molecule has 1 aromatic rings. The minimum absolute atomic E-state index is 0.412. The number of carboxylic acid groups (broad SMARTS) is 1. The monoisotopic (exact) mass is 294 g/mol. The summed E-state index contributed by atoms with van der Waals surface area (Å²) in [5, 5.41) is 17.7. The molecule has 20 heavy (non-hydrogen) atoms. The Hall–Kier alpha value is -2.15. The van der Waals surface area contributed by atoms with Crippen LogP contribution in [0.2, 0.25) is 0 Å². The average Bonchev–Trinajstić information content (AvgIpc) is 2.44. The molecular formula is C13H16N3O3S-. The lowest BCUT2D eigenvalue weighted by atomic mass is 10.2. The highest BCUT2D eigenvalue weighted by molar-refractivity contribution is 7.80. The van der Waals surface area contributed by atoms with Crippen LogP contribution in [-0.2, 0) is 4.79 Å². The number of hydrogen-bond acceptors (Lipinski definition) is 5. The second-order valence-corrected chi connectivity index (χ2v) is 4.23. The van der Waals surface area contributed by atoms with Crippen molar-refractivity contribution in [3.05, 3.63) is 29.8 Å². The SMILES string of the molecule is CCCNC(=S)N/N=C\c1ccccc1OCC(=O)[O-]. The first-order valence-corrected chi connectivity index (χ1v) is 6.53. The van der Waals surface area contributed by atoms with Crippen LogP contribution in [0.15, 0.2) is 29.4 Å². The van der Waals surface area contributed by atoms with Crippen molar-refractivity contribution < 1.29 is 14.6 Å². The Morgan fingerprint density at radius 3 is 2.95 bits per heavy atom. The molecule has 0 spiro atoms. The molecule has 0 atom stereocenters. The average molecular weight is 294 g/mol. The molecule has 0 radical (unpaired) electrons. The molecule has 1 aromatic carbocycles. The van der Waals surface area contributed by atoms with Crippen molar-refractivity contribution in [2.75, 3.05) is 13.2 Å². The lowest BCUT2D eigenvalue weighted by molar-refractivity contribution is -0.307. The Kier molecular flexibility index (Phi) is 7.05. The molecule has 2 N–H and O–H groups in total. The smallest absolute Gasteiger partial charge is 0.186 e. The van der Waals surface area contributed by atoms with Crippen molar-refractivity contribution in [3.63, 3.8) is 0 Å². The van der Waals surface area contributed by atoms with E-state index >= 15 is 0 Å². The lowest BCUT2D eigenvalue weighted by Crippen LogP contribution is -2.32. The standard InChI is InChI=1S/C13H17N3O3S/c1-2-7-14-13(20)16-15-8-10-5-3-4-6-11(10)19-9-12(17)18/h3-6,8H,2,7,9H2,1H3,(H,17,18)(H2,14,16,20)/p-1/b15-8-. The zero-order valence-electron chi connectivity index (χ0n) is 11.1. The van der Waals surface area contributed by atoms with Gasteiger partial charge in [-0.1, -0.05) is 19.1 Å². The van der Waals surface area contributed by atoms with Crippen LogP contribution in [-0.4, -0.2) is 30.4 Å². The van der Waals surface area contributed by atoms with Crippen molar-refractivity contribution in [1.82, 2.24) is 10.7 Å². The van der Waals surface area contributed by atoms with Crippen LogP contribution in [0, 0.1) is 0 Å². The third-order valence-corrected chi connectivity index (χ3v) is 2.41. The number of aliphatic carboxylic acids is 1. The van der Waals surface area contributed by atoms with Crippen LogP contribution < -0.4 is 20.6 Å². The maximum atomic E-state index is 10.4. The second kappa shape index (κ2) is 8.87. The van der Waals surface area contributed by atoms with Gasteiger partial charge < -0.3 is 20.0 Å². The molecule has 0 saturated carbocycles. The van der Waals surface area contributed by atoms with Gasteiger partial charge in [-0.2, -0.15) is 5.10 Å². The summed E-state index contributed by atoms with van der Waals surface area (Å²) >= 11 is 5.00. The van der Waals surface area contributed by atoms with Crippen LogP contribution in [0.5, 0.6) is 5.75 Å². The number of rotatable bonds is 7. The Labute approximate surface area is 122 Å². The van der Waals surface area contributed by atoms with E-state index in [9.17, 15) is 9.90 Å². The largest absolute Gasteiger partial charge is 0.546 e. The summed E-state index contributed by atoms with van der Waals surface area (Å²) in [7, 11) is 0. The van der Waals surface area contributed by atoms with Crippen LogP contribution >= 0.6 is 12.2 Å². The quantitative estimate of drug-likeness (QED) is 0.419. The summed E-state index contributed by atoms with van der Waals surface area (Å²) in [6, 6.07) is 6.93. The van der Waals surface area contributed by atoms with Gasteiger partial charge in [-0.3, -0.25) is 5.43 Å². The Morgan fingerprint density at radius 1 is 1.50 bits per heavy atom. The Morgan fingerprint density at radius 2 is 2.25 bits per heavy atom. The third-order valence-electron chi connectivity index (χ3n) is 2.17. The molecule has 0 heterocycles. The Bertz CT molecular complexity index is 492. The minimum atomic E-state index is -1.28. The molecule has 0 amide bonds. The number of carboxylic acids is 1. The first kappa shape index (κ1) is 15.9. The van der Waals surface area contributed by atoms with Gasteiger partial charge in [0.15, 0.2) is 5.11 Å². The van der Waals surface area contributed by atoms with Gasteiger partial charge in [0.25, 0.3) is 0 Å². The molecular weight excluding hydrogens is 278 g/mol. The van der Waals surface area contributed by atoms with Crippen LogP contribution in [0.25, 0.3) is 0 Å². The molecule has 7 heteroatoms. The highest BCUT2D eigenvalue weighted by Gasteiger charge is 2.00. The molecule has 0 saturated heterocycles. The van der Waals surface area contributed by atoms with Crippen molar-refractivity contribution in [3.8, 4) is 5.75 Å². The van der Waals surface area contributed by atoms with Gasteiger partial charge in [0.2, 0.25) is 0 Å². The van der Waals surface area contributed by atoms with E-state index in [1.807, 2.05) is 6.92 Å². The van der Waals surface area contributed by atoms with E-state index < -0.39 is 12.6 Å². The predicted molar refractivity (Wildman–Crippen MR) is 78.6 cm³/mol. The zero-order chi connectivity index (χ0) is 14.8. The molecule has 0 bridgehead atoms. The van der Waals surface area contributed by atoms with Crippen molar-refractivity contribution in [1.29, 1.82) is 0 Å². The predicted octanol–water partition coefficient (Wildman–Crippen LogP) is 0.0233. The maximum absolute atomic E-state index is 10.4. The highest BCUT2D eigenvalue weighted by atomic mass is 32.1. The normalized spacial score (nSPS) is 10.2. The summed E-state index contributed by atoms with van der Waals surface area (Å²) in [5.41, 5.74) is 3.30. The van der Waals surface area contributed by atoms with E-state index in [0.717, 1.165) is 13.0 Å². The summed E-state index contributed by atoms with van der Waals surface area (Å²) in [6.07, 6.45) is 2.47. The van der Waals surface area contributed by atoms with Crippen molar-refractivity contribution in [2.45, 2.75) is 13.3 Å². The number of para-hydroxylation sites is 1. The van der Waals surface area contributed by atoms with Gasteiger partial charge in [0.05, 0.1) is 12.2 Å². The minimum Gasteiger partial charge on any atom is -0.546 e. The van der Waals surface area contributed by atoms with E-state index in [2.05, 4.69) is 15.8 Å². The number of thiocarbonyl (C=S) groups is 1. The van der Waals surface area contributed by atoms with Crippen LogP contribution in [0.3, 0.4) is 0 Å². The molecule has 1 rings (SSSR count). The van der Waals surface area contributed by atoms with Crippen molar-refractivity contribution >= 4 is 29.5 Å². The van der Waals surface area contributed by atoms with E-state index in [-0.39, 0.29) is 0 Å². The molecule has 0 aliphatic rings. The van der Waals surface area contributed by atoms with Gasteiger partial charge in [-0.05, 0) is 30.8 Å². The summed E-state index contributed by atoms with van der Waals surface area (Å²) in [6.45, 7) is 2.30. The molecule has 0 aliphatic heterocycles. The lowest BCUT2D eigenvalue weighted by Gasteiger charge is -2.09. The van der Waals surface area contributed by atoms with Gasteiger partial charge in [0, 0.05) is 12.1 Å². The first-order chi connectivity index (χ1) is 9.63. The molecule has 108 valence electrons. The van der Waals surface area contributed by atoms with Crippen LogP contribution in [0.1, 0.15) is 18.9 Å². The number of nitrogens with zero attached hydrogens (tertiary/aromatic N) is 1. The fourth-order valence-corrected chi connectivity index (χ4v) is 1.45. The van der Waals surface area contributed by atoms with Gasteiger partial charge in [-0.25, -0.2) is 0 Å². The van der Waals surface area contributed by atoms with E-state index in [0.29, 0.717) is 16.4 Å². The number of ether oxygens (including phenoxy) is 1. The number of benzene rings is 1. The fourth-order valence-electron chi connectivity index (χ4n) is 1.29. The highest BCUT2D eigenvalue weighted by Crippen LogP contribution is 2.15. The van der Waals surface area contributed by atoms with Gasteiger partial charge >= 0.3 is 0 Å². The van der Waals surface area contributed by atoms with E-state index in [4.69, 9.17) is 17.0 Å². The van der Waals surface area contributed by atoms with Crippen molar-refractivity contribution in [2.24, 2.45) is 5.10 Å². The maximum Gasteiger partial charge on any atom is 0.186 e. The second-order valence-electron chi connectivity index (χ2n) is 3.82. The molecule has 0 fully saturated rings. The third kappa shape index (κ3) is 6.14. The number of nitrogens with one attached hydrogen (secondary N) is 2. The number of hydrazone groups is 1. The molecule has 0 aromatic heterocycles. The van der Waals surface area contributed by atoms with Gasteiger partial charge in [-0.15, -0.1) is 0 Å². The number of carbonyl (C=O) groups excluding carboxylic acids is 1. The molecule has 6 nitrogen and oxygen atoms in total. The summed E-state index contributed by atoms with van der Waals surface area (Å²) < 4.78 is 5.09. The van der Waals surface area contributed by atoms with E-state index in [1.54, 1.807) is 24.3 Å². The van der Waals surface area contributed by atoms with E-state index in [1.165, 1.54) is 6.21 Å². The summed E-state index contributed by atoms with van der Waals surface area (Å²) in [5.74, 6) is -0.866. The Balaban J connectivity index is 2.58. The molecule has 0 aliphatic carbocycles. The zero-order valence-corrected chi connectivity index (χ0v) is 11.9. The summed E-state index contributed by atoms with van der Waals surface area (Å²) in [4.78, 5) is 10.4. The fraction of sp³-hybridized carbons (Fsp3) is 0.308. The molecule has 0 unspecified atom stereocenters.